The number of ether oxygens (including phenoxy) is 1. The van der Waals surface area contributed by atoms with Crippen molar-refractivity contribution in [3.63, 3.8) is 0 Å². The number of methoxy groups -OCH3 is 1. The number of aromatic nitrogens is 3. The van der Waals surface area contributed by atoms with Gasteiger partial charge in [0, 0.05) is 24.6 Å². The molecule has 4 aromatic rings. The van der Waals surface area contributed by atoms with Crippen LogP contribution in [0.25, 0.3) is 22.0 Å². The van der Waals surface area contributed by atoms with Gasteiger partial charge in [-0.15, -0.1) is 0 Å². The van der Waals surface area contributed by atoms with Crippen molar-refractivity contribution in [3.05, 3.63) is 71.9 Å². The third kappa shape index (κ3) is 4.58. The van der Waals surface area contributed by atoms with Crippen molar-refractivity contribution in [1.82, 2.24) is 15.0 Å². The normalized spacial score (nSPS) is 11.7. The molecule has 172 valence electrons. The zero-order chi connectivity index (χ0) is 24.1. The number of benzene rings is 2. The van der Waals surface area contributed by atoms with Crippen LogP contribution in [0.3, 0.4) is 0 Å². The molecule has 1 unspecified atom stereocenters. The lowest BCUT2D eigenvalue weighted by atomic mass is 9.95. The van der Waals surface area contributed by atoms with Gasteiger partial charge in [-0.05, 0) is 30.7 Å². The highest BCUT2D eigenvalue weighted by molar-refractivity contribution is 6.00. The summed E-state index contributed by atoms with van der Waals surface area (Å²) in [4.78, 5) is 13.0. The van der Waals surface area contributed by atoms with Gasteiger partial charge in [-0.25, -0.2) is 19.3 Å². The summed E-state index contributed by atoms with van der Waals surface area (Å²) in [6.45, 7) is 2.92. The van der Waals surface area contributed by atoms with Gasteiger partial charge in [-0.2, -0.15) is 5.26 Å². The predicted molar refractivity (Wildman–Crippen MR) is 131 cm³/mol. The quantitative estimate of drug-likeness (QED) is 0.330. The molecule has 0 radical (unpaired) electrons. The van der Waals surface area contributed by atoms with Crippen LogP contribution < -0.4 is 16.4 Å². The van der Waals surface area contributed by atoms with Crippen molar-refractivity contribution < 1.29 is 9.13 Å². The highest BCUT2D eigenvalue weighted by Gasteiger charge is 2.22. The Kier molecular flexibility index (Phi) is 6.80. The first-order valence-electron chi connectivity index (χ1n) is 10.7. The standard InChI is InChI=1S/C25H24FN7O/c1-15(32-25-19(13-27)24(28)30-14-31-25)22-21(16-6-4-3-5-7-16)23(29-10-11-34-2)18-12-17(26)8-9-20(18)33-22/h3-9,12,14-15H,10-11H2,1-2H3,(H,29,33)(H3,28,30,31,32). The number of fused-ring (bicyclic) bond motifs is 1. The van der Waals surface area contributed by atoms with Crippen LogP contribution in [0.4, 0.5) is 21.7 Å². The summed E-state index contributed by atoms with van der Waals surface area (Å²) < 4.78 is 19.5. The Bertz CT molecular complexity index is 1360. The maximum atomic E-state index is 14.3. The number of hydrogen-bond acceptors (Lipinski definition) is 8. The molecule has 2 aromatic carbocycles. The van der Waals surface area contributed by atoms with Crippen LogP contribution in [0.15, 0.2) is 54.9 Å². The average Bonchev–Trinajstić information content (AvgIpc) is 2.84. The van der Waals surface area contributed by atoms with E-state index in [9.17, 15) is 9.65 Å². The number of nitrogens with zero attached hydrogens (tertiary/aromatic N) is 4. The summed E-state index contributed by atoms with van der Waals surface area (Å²) in [5.74, 6) is 0.0629. The SMILES string of the molecule is COCCNc1c(-c2ccccc2)c(C(C)Nc2ncnc(N)c2C#N)nc2ccc(F)cc12. The van der Waals surface area contributed by atoms with Gasteiger partial charge >= 0.3 is 0 Å². The molecule has 34 heavy (non-hydrogen) atoms. The molecule has 0 aliphatic heterocycles. The maximum Gasteiger partial charge on any atom is 0.150 e. The van der Waals surface area contributed by atoms with Gasteiger partial charge in [-0.1, -0.05) is 30.3 Å². The third-order valence-electron chi connectivity index (χ3n) is 5.40. The van der Waals surface area contributed by atoms with Crippen molar-refractivity contribution in [2.24, 2.45) is 0 Å². The van der Waals surface area contributed by atoms with Crippen LogP contribution in [0.2, 0.25) is 0 Å². The van der Waals surface area contributed by atoms with E-state index in [2.05, 4.69) is 20.6 Å². The molecule has 9 heteroatoms. The van der Waals surface area contributed by atoms with E-state index in [4.69, 9.17) is 15.5 Å². The zero-order valence-corrected chi connectivity index (χ0v) is 18.8. The van der Waals surface area contributed by atoms with E-state index in [1.54, 1.807) is 13.2 Å². The van der Waals surface area contributed by atoms with E-state index in [-0.39, 0.29) is 23.2 Å². The Balaban J connectivity index is 1.92. The first-order valence-corrected chi connectivity index (χ1v) is 10.7. The molecule has 0 aliphatic rings. The molecule has 2 aromatic heterocycles. The summed E-state index contributed by atoms with van der Waals surface area (Å²) in [6, 6.07) is 15.9. The van der Waals surface area contributed by atoms with Crippen LogP contribution in [-0.4, -0.2) is 35.2 Å². The van der Waals surface area contributed by atoms with Crippen molar-refractivity contribution in [2.75, 3.05) is 36.6 Å². The minimum absolute atomic E-state index is 0.0966. The van der Waals surface area contributed by atoms with Crippen molar-refractivity contribution in [1.29, 1.82) is 5.26 Å². The molecule has 0 amide bonds. The van der Waals surface area contributed by atoms with Gasteiger partial charge < -0.3 is 21.1 Å². The maximum absolute atomic E-state index is 14.3. The Morgan fingerprint density at radius 2 is 1.97 bits per heavy atom. The molecular formula is C25H24FN7O. The second kappa shape index (κ2) is 10.1. The smallest absolute Gasteiger partial charge is 0.150 e. The summed E-state index contributed by atoms with van der Waals surface area (Å²) >= 11 is 0. The number of halogens is 1. The number of pyridine rings is 1. The molecule has 4 N–H and O–H groups in total. The van der Waals surface area contributed by atoms with Crippen LogP contribution in [0, 0.1) is 17.1 Å². The van der Waals surface area contributed by atoms with E-state index in [1.807, 2.05) is 43.3 Å². The zero-order valence-electron chi connectivity index (χ0n) is 18.8. The molecule has 1 atom stereocenters. The number of anilines is 3. The number of nitriles is 1. The van der Waals surface area contributed by atoms with Crippen molar-refractivity contribution >= 4 is 28.2 Å². The van der Waals surface area contributed by atoms with Gasteiger partial charge in [0.05, 0.1) is 29.5 Å². The lowest BCUT2D eigenvalue weighted by Gasteiger charge is -2.23. The lowest BCUT2D eigenvalue weighted by molar-refractivity contribution is 0.211. The monoisotopic (exact) mass is 457 g/mol. The summed E-state index contributed by atoms with van der Waals surface area (Å²) in [5, 5.41) is 16.9. The number of nitrogen functional groups attached to an aromatic ring is 1. The molecular weight excluding hydrogens is 433 g/mol. The van der Waals surface area contributed by atoms with E-state index in [1.165, 1.54) is 18.5 Å². The molecule has 0 saturated heterocycles. The highest BCUT2D eigenvalue weighted by atomic mass is 19.1. The largest absolute Gasteiger partial charge is 0.383 e. The van der Waals surface area contributed by atoms with E-state index >= 15 is 0 Å². The number of rotatable bonds is 8. The van der Waals surface area contributed by atoms with Gasteiger partial charge in [0.1, 0.15) is 35.4 Å². The Morgan fingerprint density at radius 3 is 2.71 bits per heavy atom. The van der Waals surface area contributed by atoms with Crippen LogP contribution >= 0.6 is 0 Å². The highest BCUT2D eigenvalue weighted by Crippen LogP contribution is 2.40. The van der Waals surface area contributed by atoms with Crippen LogP contribution in [-0.2, 0) is 4.74 Å². The number of nitrogens with two attached hydrogens (primary N) is 1. The Morgan fingerprint density at radius 1 is 1.18 bits per heavy atom. The van der Waals surface area contributed by atoms with Gasteiger partial charge in [0.2, 0.25) is 0 Å². The second-order valence-corrected chi connectivity index (χ2v) is 7.65. The Labute approximate surface area is 196 Å². The molecule has 0 bridgehead atoms. The molecule has 0 saturated carbocycles. The van der Waals surface area contributed by atoms with Gasteiger partial charge in [0.25, 0.3) is 0 Å². The van der Waals surface area contributed by atoms with E-state index in [0.717, 1.165) is 16.8 Å². The van der Waals surface area contributed by atoms with Gasteiger partial charge in [-0.3, -0.25) is 0 Å². The minimum Gasteiger partial charge on any atom is -0.383 e. The molecule has 0 aliphatic carbocycles. The second-order valence-electron chi connectivity index (χ2n) is 7.65. The van der Waals surface area contributed by atoms with E-state index in [0.29, 0.717) is 35.6 Å². The number of hydrogen-bond donors (Lipinski definition) is 3. The molecule has 2 heterocycles. The number of nitrogens with one attached hydrogen (secondary N) is 2. The first-order chi connectivity index (χ1) is 16.5. The fraction of sp³-hybridized carbons (Fsp3) is 0.200. The van der Waals surface area contributed by atoms with Crippen molar-refractivity contribution in [3.8, 4) is 17.2 Å². The fourth-order valence-electron chi connectivity index (χ4n) is 3.82. The van der Waals surface area contributed by atoms with Crippen LogP contribution in [0.5, 0.6) is 0 Å². The molecule has 0 fully saturated rings. The Hall–Kier alpha value is -4.29. The lowest BCUT2D eigenvalue weighted by Crippen LogP contribution is -2.16. The predicted octanol–water partition coefficient (Wildman–Crippen LogP) is 4.52. The average molecular weight is 458 g/mol. The first kappa shape index (κ1) is 22.9. The van der Waals surface area contributed by atoms with Crippen LogP contribution in [0.1, 0.15) is 24.2 Å². The summed E-state index contributed by atoms with van der Waals surface area (Å²) in [6.07, 6.45) is 1.30. The summed E-state index contributed by atoms with van der Waals surface area (Å²) in [7, 11) is 1.63. The minimum atomic E-state index is -0.381. The van der Waals surface area contributed by atoms with E-state index < -0.39 is 0 Å². The molecule has 0 spiro atoms. The third-order valence-corrected chi connectivity index (χ3v) is 5.40. The summed E-state index contributed by atoms with van der Waals surface area (Å²) in [5.41, 5.74) is 9.83. The fourth-order valence-corrected chi connectivity index (χ4v) is 3.82. The van der Waals surface area contributed by atoms with Gasteiger partial charge in [0.15, 0.2) is 0 Å². The topological polar surface area (TPSA) is 122 Å². The molecule has 4 rings (SSSR count). The van der Waals surface area contributed by atoms with Crippen molar-refractivity contribution in [2.45, 2.75) is 13.0 Å². The molecule has 8 nitrogen and oxygen atoms in total.